The van der Waals surface area contributed by atoms with Crippen LogP contribution in [0.15, 0.2) is 114 Å². The second kappa shape index (κ2) is 18.6. The smallest absolute Gasteiger partial charge is 0.269 e. The Morgan fingerprint density at radius 3 is 2.41 bits per heavy atom. The predicted octanol–water partition coefficient (Wildman–Crippen LogP) is 9.24. The van der Waals surface area contributed by atoms with Crippen LogP contribution in [0, 0.1) is 33.8 Å². The number of amides is 1. The van der Waals surface area contributed by atoms with Crippen LogP contribution in [0.25, 0.3) is 10.8 Å². The molecule has 3 aliphatic carbocycles. The van der Waals surface area contributed by atoms with Crippen LogP contribution in [0.5, 0.6) is 17.2 Å². The van der Waals surface area contributed by atoms with Crippen LogP contribution < -0.4 is 9.47 Å². The Hall–Kier alpha value is -5.56. The molecular weight excluding hydrogens is 775 g/mol. The molecule has 4 aromatic carbocycles. The van der Waals surface area contributed by atoms with Gasteiger partial charge in [0.2, 0.25) is 11.7 Å². The number of non-ortho nitro benzene ring substituents is 1. The van der Waals surface area contributed by atoms with Crippen molar-refractivity contribution in [2.45, 2.75) is 82.1 Å². The van der Waals surface area contributed by atoms with Crippen molar-refractivity contribution in [1.82, 2.24) is 4.90 Å². The van der Waals surface area contributed by atoms with Crippen LogP contribution in [-0.2, 0) is 21.0 Å². The molecule has 4 aromatic rings. The van der Waals surface area contributed by atoms with Crippen molar-refractivity contribution in [3.63, 3.8) is 0 Å². The molecule has 4 aliphatic rings. The maximum atomic E-state index is 14.1. The highest BCUT2D eigenvalue weighted by Crippen LogP contribution is 2.62. The fraction of sp³-hybridized carbons (Fsp3) is 0.429. The number of hydrogen-bond acceptors (Lipinski definition) is 10. The Balaban J connectivity index is 1.27. The highest BCUT2D eigenvalue weighted by molar-refractivity contribution is 6.03. The molecule has 320 valence electrons. The third-order valence-electron chi connectivity index (χ3n) is 12.9. The molecule has 2 saturated carbocycles. The van der Waals surface area contributed by atoms with Gasteiger partial charge in [-0.1, -0.05) is 60.5 Å². The number of aliphatic hydroxyl groups excluding tert-OH is 2. The summed E-state index contributed by atoms with van der Waals surface area (Å²) in [7, 11) is 1.84. The first kappa shape index (κ1) is 42.1. The Labute approximate surface area is 356 Å². The third kappa shape index (κ3) is 8.80. The van der Waals surface area contributed by atoms with E-state index in [0.717, 1.165) is 66.0 Å². The number of unbranched alkanes of at least 4 members (excludes halogenated alkanes) is 2. The van der Waals surface area contributed by atoms with E-state index in [1.165, 1.54) is 12.1 Å². The summed E-state index contributed by atoms with van der Waals surface area (Å²) >= 11 is 0. The zero-order valence-corrected chi connectivity index (χ0v) is 34.7. The molecule has 0 bridgehead atoms. The fourth-order valence-corrected chi connectivity index (χ4v) is 9.83. The lowest BCUT2D eigenvalue weighted by Crippen LogP contribution is -2.69. The van der Waals surface area contributed by atoms with Crippen LogP contribution in [0.4, 0.5) is 5.69 Å². The van der Waals surface area contributed by atoms with Crippen LogP contribution >= 0.6 is 0 Å². The number of carbonyl (C=O) groups is 1. The molecule has 12 heteroatoms. The highest BCUT2D eigenvalue weighted by Gasteiger charge is 2.65. The lowest BCUT2D eigenvalue weighted by atomic mass is 9.55. The van der Waals surface area contributed by atoms with Gasteiger partial charge in [0.05, 0.1) is 23.2 Å². The van der Waals surface area contributed by atoms with E-state index >= 15 is 0 Å². The van der Waals surface area contributed by atoms with Crippen LogP contribution in [0.3, 0.4) is 0 Å². The molecule has 0 saturated heterocycles. The van der Waals surface area contributed by atoms with E-state index in [1.54, 1.807) is 23.1 Å². The van der Waals surface area contributed by atoms with E-state index in [2.05, 4.69) is 36.9 Å². The van der Waals surface area contributed by atoms with Crippen molar-refractivity contribution in [2.24, 2.45) is 28.8 Å². The molecule has 6 atom stereocenters. The van der Waals surface area contributed by atoms with E-state index in [-0.39, 0.29) is 61.7 Å². The number of carbonyl (C=O) groups excluding carboxylic acids is 1. The maximum absolute atomic E-state index is 14.1. The lowest BCUT2D eigenvalue weighted by molar-refractivity contribution is -0.384. The first-order valence-electron chi connectivity index (χ1n) is 21.6. The molecular formula is C49H55N3O9. The zero-order chi connectivity index (χ0) is 42.5. The van der Waals surface area contributed by atoms with Crippen molar-refractivity contribution < 1.29 is 39.0 Å². The molecule has 1 aliphatic heterocycles. The quantitative estimate of drug-likeness (QED) is 0.0408. The van der Waals surface area contributed by atoms with Gasteiger partial charge >= 0.3 is 0 Å². The molecule has 0 radical (unpaired) electrons. The van der Waals surface area contributed by atoms with Gasteiger partial charge in [-0.05, 0) is 115 Å². The Morgan fingerprint density at radius 1 is 0.967 bits per heavy atom. The lowest BCUT2D eigenvalue weighted by Gasteiger charge is -2.59. The number of rotatable bonds is 19. The number of likely N-dealkylation sites (N-methyl/N-ethyl adjacent to an activating group) is 1. The van der Waals surface area contributed by atoms with Gasteiger partial charge < -0.3 is 34.2 Å². The van der Waals surface area contributed by atoms with Crippen LogP contribution in [0.1, 0.15) is 74.8 Å². The molecule has 0 spiro atoms. The van der Waals surface area contributed by atoms with E-state index in [1.807, 2.05) is 43.4 Å². The molecule has 2 N–H and O–H groups in total. The monoisotopic (exact) mass is 829 g/mol. The van der Waals surface area contributed by atoms with Crippen molar-refractivity contribution in [3.05, 3.63) is 130 Å². The molecule has 2 fully saturated rings. The molecule has 12 nitrogen and oxygen atoms in total. The van der Waals surface area contributed by atoms with E-state index < -0.39 is 22.7 Å². The maximum Gasteiger partial charge on any atom is 0.269 e. The Kier molecular flexibility index (Phi) is 12.8. The number of fused-ring (bicyclic) bond motifs is 3. The number of ether oxygens (including phenoxy) is 3. The van der Waals surface area contributed by atoms with Gasteiger partial charge in [0.25, 0.3) is 5.69 Å². The molecule has 8 rings (SSSR count). The minimum atomic E-state index is -1.33. The van der Waals surface area contributed by atoms with Gasteiger partial charge in [0.15, 0.2) is 0 Å². The van der Waals surface area contributed by atoms with Gasteiger partial charge in [-0.25, -0.2) is 0 Å². The summed E-state index contributed by atoms with van der Waals surface area (Å²) in [6.45, 7) is 4.46. The summed E-state index contributed by atoms with van der Waals surface area (Å²) < 4.78 is 20.9. The van der Waals surface area contributed by atoms with Gasteiger partial charge in [0, 0.05) is 56.2 Å². The second-order valence-corrected chi connectivity index (χ2v) is 16.8. The number of oxime groups is 1. The van der Waals surface area contributed by atoms with Crippen LogP contribution in [-0.4, -0.2) is 70.4 Å². The number of nitro groups is 1. The molecule has 61 heavy (non-hydrogen) atoms. The number of nitro benzene ring substituents is 1. The average Bonchev–Trinajstić information content (AvgIpc) is 4.13. The summed E-state index contributed by atoms with van der Waals surface area (Å²) in [5.41, 5.74) is 3.30. The van der Waals surface area contributed by atoms with E-state index in [4.69, 9.17) is 24.2 Å². The minimum absolute atomic E-state index is 0.00740. The fourth-order valence-electron chi connectivity index (χ4n) is 9.83. The van der Waals surface area contributed by atoms with Gasteiger partial charge in [-0.3, -0.25) is 14.9 Å². The first-order chi connectivity index (χ1) is 29.7. The van der Waals surface area contributed by atoms with Crippen molar-refractivity contribution in [2.75, 3.05) is 26.9 Å². The predicted molar refractivity (Wildman–Crippen MR) is 232 cm³/mol. The number of benzene rings is 4. The molecule has 1 amide bonds. The average molecular weight is 830 g/mol. The minimum Gasteiger partial charge on any atom is -0.459 e. The molecule has 0 unspecified atom stereocenters. The Bertz CT molecular complexity index is 2290. The number of aliphatic hydroxyl groups is 2. The largest absolute Gasteiger partial charge is 0.459 e. The van der Waals surface area contributed by atoms with Gasteiger partial charge in [0.1, 0.15) is 29.9 Å². The number of hydrogen-bond donors (Lipinski definition) is 2. The molecule has 1 heterocycles. The van der Waals surface area contributed by atoms with Crippen LogP contribution in [0.2, 0.25) is 0 Å². The summed E-state index contributed by atoms with van der Waals surface area (Å²) in [5, 5.41) is 38.2. The summed E-state index contributed by atoms with van der Waals surface area (Å²) in [6, 6.07) is 25.8. The standard InChI is InChI=1S/C49H55N3O9/c1-3-26-58-49-45(51(2)48(55)34-16-17-34)30-43(50-59-31-32-14-19-37(20-15-32)52(56)57)41-28-36(12-6-8-24-53)40(13-7-9-25-54)46(47(41)49)42-29-39(22-23-44(42)61-49)60-38-21-18-33-10-4-5-11-35(33)27-38/h3-5,10-11,14-15,18-23,27-29,34,36,40,45-47,53-54H,1,6-9,12-13,16-17,24-26,30-31H2,2H3/t36-,40+,45-,46+,47+,49+/m0/s1. The van der Waals surface area contributed by atoms with Gasteiger partial charge in [-0.2, -0.15) is 0 Å². The summed E-state index contributed by atoms with van der Waals surface area (Å²) in [4.78, 5) is 32.9. The number of allylic oxidation sites excluding steroid dienone is 1. The summed E-state index contributed by atoms with van der Waals surface area (Å²) in [6.07, 6.45) is 10.6. The normalized spacial score (nSPS) is 24.5. The summed E-state index contributed by atoms with van der Waals surface area (Å²) in [5.74, 6) is 0.157. The van der Waals surface area contributed by atoms with Crippen molar-refractivity contribution in [3.8, 4) is 17.2 Å². The molecule has 0 aromatic heterocycles. The SMILES string of the molecule is C=CCO[C@@]12Oc3ccc(Oc4ccc5ccccc5c4)cc3[C@H]3[C@H](CCCCO)[C@@H](CCCCO)C=C(C(=NOCc4ccc([N+](=O)[O-])cc4)C[C@@H]1N(C)C(=O)C1CC1)[C@H]32. The van der Waals surface area contributed by atoms with Crippen molar-refractivity contribution >= 4 is 28.1 Å². The second-order valence-electron chi connectivity index (χ2n) is 16.8. The highest BCUT2D eigenvalue weighted by atomic mass is 16.7. The topological polar surface area (TPSA) is 153 Å². The zero-order valence-electron chi connectivity index (χ0n) is 34.7. The Morgan fingerprint density at radius 2 is 1.69 bits per heavy atom. The van der Waals surface area contributed by atoms with Crippen molar-refractivity contribution in [1.29, 1.82) is 0 Å². The van der Waals surface area contributed by atoms with Gasteiger partial charge in [-0.15, -0.1) is 6.58 Å². The van der Waals surface area contributed by atoms with E-state index in [0.29, 0.717) is 42.2 Å². The van der Waals surface area contributed by atoms with E-state index in [9.17, 15) is 25.1 Å². The number of nitrogens with zero attached hydrogens (tertiary/aromatic N) is 3. The third-order valence-corrected chi connectivity index (χ3v) is 12.9. The first-order valence-corrected chi connectivity index (χ1v) is 21.6.